The fourth-order valence-corrected chi connectivity index (χ4v) is 2.32. The van der Waals surface area contributed by atoms with E-state index in [1.54, 1.807) is 32.4 Å². The largest absolute Gasteiger partial charge is 0.497 e. The topological polar surface area (TPSA) is 47.6 Å². The lowest BCUT2D eigenvalue weighted by Gasteiger charge is -2.12. The predicted molar refractivity (Wildman–Crippen MR) is 87.8 cm³/mol. The van der Waals surface area contributed by atoms with Crippen molar-refractivity contribution in [3.05, 3.63) is 53.1 Å². The van der Waals surface area contributed by atoms with Gasteiger partial charge in [0.25, 0.3) is 0 Å². The van der Waals surface area contributed by atoms with E-state index in [0.29, 0.717) is 23.6 Å². The molecular formula is C18H21NO3. The van der Waals surface area contributed by atoms with Gasteiger partial charge in [-0.25, -0.2) is 0 Å². The molecule has 0 aliphatic rings. The van der Waals surface area contributed by atoms with E-state index < -0.39 is 0 Å². The lowest BCUT2D eigenvalue weighted by molar-refractivity contribution is -0.115. The van der Waals surface area contributed by atoms with Crippen molar-refractivity contribution < 1.29 is 14.3 Å². The second kappa shape index (κ2) is 6.98. The van der Waals surface area contributed by atoms with Crippen molar-refractivity contribution in [1.82, 2.24) is 0 Å². The van der Waals surface area contributed by atoms with Crippen LogP contribution in [0, 0.1) is 13.8 Å². The van der Waals surface area contributed by atoms with Gasteiger partial charge in [-0.05, 0) is 37.1 Å². The van der Waals surface area contributed by atoms with Gasteiger partial charge in [0.2, 0.25) is 5.91 Å². The van der Waals surface area contributed by atoms with Crippen LogP contribution in [-0.4, -0.2) is 20.1 Å². The number of ether oxygens (including phenoxy) is 2. The van der Waals surface area contributed by atoms with Crippen molar-refractivity contribution in [2.75, 3.05) is 19.5 Å². The van der Waals surface area contributed by atoms with Gasteiger partial charge >= 0.3 is 0 Å². The number of nitrogens with one attached hydrogen (secondary N) is 1. The number of hydrogen-bond donors (Lipinski definition) is 1. The predicted octanol–water partition coefficient (Wildman–Crippen LogP) is 3.50. The first-order chi connectivity index (χ1) is 10.5. The number of hydrogen-bond acceptors (Lipinski definition) is 3. The first-order valence-corrected chi connectivity index (χ1v) is 7.11. The molecule has 2 rings (SSSR count). The number of rotatable bonds is 5. The standard InChI is InChI=1S/C18H21NO3/c1-12-5-6-14(13(2)9-12)10-18(20)19-16-11-15(21-3)7-8-17(16)22-4/h5-9,11H,10H2,1-4H3,(H,19,20). The molecule has 0 heterocycles. The summed E-state index contributed by atoms with van der Waals surface area (Å²) in [6.45, 7) is 4.06. The zero-order valence-corrected chi connectivity index (χ0v) is 13.4. The van der Waals surface area contributed by atoms with E-state index in [0.717, 1.165) is 11.1 Å². The highest BCUT2D eigenvalue weighted by Gasteiger charge is 2.11. The van der Waals surface area contributed by atoms with Crippen LogP contribution in [0.25, 0.3) is 0 Å². The van der Waals surface area contributed by atoms with Gasteiger partial charge in [-0.15, -0.1) is 0 Å². The van der Waals surface area contributed by atoms with Crippen LogP contribution in [-0.2, 0) is 11.2 Å². The van der Waals surface area contributed by atoms with Crippen molar-refractivity contribution in [2.24, 2.45) is 0 Å². The number of benzene rings is 2. The molecule has 22 heavy (non-hydrogen) atoms. The van der Waals surface area contributed by atoms with Crippen LogP contribution in [0.4, 0.5) is 5.69 Å². The normalized spacial score (nSPS) is 10.2. The molecule has 2 aromatic rings. The summed E-state index contributed by atoms with van der Waals surface area (Å²) in [5.74, 6) is 1.19. The van der Waals surface area contributed by atoms with Crippen LogP contribution in [0.5, 0.6) is 11.5 Å². The van der Waals surface area contributed by atoms with Crippen molar-refractivity contribution >= 4 is 11.6 Å². The zero-order valence-electron chi connectivity index (χ0n) is 13.4. The van der Waals surface area contributed by atoms with Crippen LogP contribution in [0.1, 0.15) is 16.7 Å². The third-order valence-electron chi connectivity index (χ3n) is 3.53. The number of anilines is 1. The minimum atomic E-state index is -0.0847. The second-order valence-electron chi connectivity index (χ2n) is 5.22. The molecule has 0 bridgehead atoms. The Hall–Kier alpha value is -2.49. The van der Waals surface area contributed by atoms with Gasteiger partial charge < -0.3 is 14.8 Å². The molecule has 0 saturated heterocycles. The third kappa shape index (κ3) is 3.79. The zero-order chi connectivity index (χ0) is 16.1. The molecule has 0 aliphatic carbocycles. The summed E-state index contributed by atoms with van der Waals surface area (Å²) < 4.78 is 10.4. The molecule has 0 atom stereocenters. The highest BCUT2D eigenvalue weighted by molar-refractivity contribution is 5.94. The van der Waals surface area contributed by atoms with Gasteiger partial charge in [-0.3, -0.25) is 4.79 Å². The summed E-state index contributed by atoms with van der Waals surface area (Å²) >= 11 is 0. The maximum atomic E-state index is 12.3. The second-order valence-corrected chi connectivity index (χ2v) is 5.22. The number of aryl methyl sites for hydroxylation is 2. The van der Waals surface area contributed by atoms with E-state index in [4.69, 9.17) is 9.47 Å². The Morgan fingerprint density at radius 1 is 1.05 bits per heavy atom. The number of carbonyl (C=O) groups is 1. The fraction of sp³-hybridized carbons (Fsp3) is 0.278. The summed E-state index contributed by atoms with van der Waals surface area (Å²) in [6, 6.07) is 11.4. The molecular weight excluding hydrogens is 278 g/mol. The quantitative estimate of drug-likeness (QED) is 0.919. The molecule has 0 fully saturated rings. The maximum absolute atomic E-state index is 12.3. The van der Waals surface area contributed by atoms with Gasteiger partial charge in [0, 0.05) is 6.07 Å². The van der Waals surface area contributed by atoms with Crippen LogP contribution in [0.3, 0.4) is 0 Å². The minimum Gasteiger partial charge on any atom is -0.497 e. The Morgan fingerprint density at radius 3 is 2.45 bits per heavy atom. The van der Waals surface area contributed by atoms with E-state index in [-0.39, 0.29) is 5.91 Å². The van der Waals surface area contributed by atoms with Gasteiger partial charge in [-0.2, -0.15) is 0 Å². The van der Waals surface area contributed by atoms with Gasteiger partial charge in [0.15, 0.2) is 0 Å². The molecule has 4 heteroatoms. The first-order valence-electron chi connectivity index (χ1n) is 7.11. The molecule has 2 aromatic carbocycles. The van der Waals surface area contributed by atoms with Crippen molar-refractivity contribution in [1.29, 1.82) is 0 Å². The highest BCUT2D eigenvalue weighted by Crippen LogP contribution is 2.29. The molecule has 116 valence electrons. The fourth-order valence-electron chi connectivity index (χ4n) is 2.32. The molecule has 1 amide bonds. The summed E-state index contributed by atoms with van der Waals surface area (Å²) in [6.07, 6.45) is 0.326. The van der Waals surface area contributed by atoms with E-state index in [1.807, 2.05) is 26.0 Å². The molecule has 0 spiro atoms. The lowest BCUT2D eigenvalue weighted by atomic mass is 10.0. The lowest BCUT2D eigenvalue weighted by Crippen LogP contribution is -2.15. The minimum absolute atomic E-state index is 0.0847. The number of methoxy groups -OCH3 is 2. The van der Waals surface area contributed by atoms with Crippen LogP contribution in [0.15, 0.2) is 36.4 Å². The van der Waals surface area contributed by atoms with Crippen molar-refractivity contribution in [3.8, 4) is 11.5 Å². The summed E-state index contributed by atoms with van der Waals surface area (Å²) in [7, 11) is 3.16. The molecule has 0 radical (unpaired) electrons. The molecule has 1 N–H and O–H groups in total. The summed E-state index contributed by atoms with van der Waals surface area (Å²) in [5, 5.41) is 2.88. The number of amides is 1. The summed E-state index contributed by atoms with van der Waals surface area (Å²) in [4.78, 5) is 12.3. The van der Waals surface area contributed by atoms with E-state index in [1.165, 1.54) is 5.56 Å². The van der Waals surface area contributed by atoms with Crippen LogP contribution < -0.4 is 14.8 Å². The first kappa shape index (κ1) is 15.9. The maximum Gasteiger partial charge on any atom is 0.228 e. The Kier molecular flexibility index (Phi) is 5.04. The van der Waals surface area contributed by atoms with Gasteiger partial charge in [-0.1, -0.05) is 23.8 Å². The third-order valence-corrected chi connectivity index (χ3v) is 3.53. The summed E-state index contributed by atoms with van der Waals surface area (Å²) in [5.41, 5.74) is 3.94. The number of carbonyl (C=O) groups excluding carboxylic acids is 1. The van der Waals surface area contributed by atoms with Crippen LogP contribution >= 0.6 is 0 Å². The smallest absolute Gasteiger partial charge is 0.228 e. The average molecular weight is 299 g/mol. The molecule has 0 aliphatic heterocycles. The van der Waals surface area contributed by atoms with E-state index >= 15 is 0 Å². The van der Waals surface area contributed by atoms with E-state index in [9.17, 15) is 4.79 Å². The monoisotopic (exact) mass is 299 g/mol. The molecule has 4 nitrogen and oxygen atoms in total. The Bertz CT molecular complexity index is 680. The van der Waals surface area contributed by atoms with Crippen LogP contribution in [0.2, 0.25) is 0 Å². The van der Waals surface area contributed by atoms with Gasteiger partial charge in [0.1, 0.15) is 11.5 Å². The Morgan fingerprint density at radius 2 is 1.82 bits per heavy atom. The van der Waals surface area contributed by atoms with Crippen molar-refractivity contribution in [3.63, 3.8) is 0 Å². The average Bonchev–Trinajstić information content (AvgIpc) is 2.50. The Labute approximate surface area is 131 Å². The molecule has 0 unspecified atom stereocenters. The molecule has 0 saturated carbocycles. The molecule has 0 aromatic heterocycles. The highest BCUT2D eigenvalue weighted by atomic mass is 16.5. The van der Waals surface area contributed by atoms with Gasteiger partial charge in [0.05, 0.1) is 26.3 Å². The van der Waals surface area contributed by atoms with Crippen molar-refractivity contribution in [2.45, 2.75) is 20.3 Å². The van der Waals surface area contributed by atoms with E-state index in [2.05, 4.69) is 11.4 Å². The Balaban J connectivity index is 2.14. The SMILES string of the molecule is COc1ccc(OC)c(NC(=O)Cc2ccc(C)cc2C)c1.